The van der Waals surface area contributed by atoms with Crippen molar-refractivity contribution in [3.63, 3.8) is 0 Å². The Morgan fingerprint density at radius 1 is 1.00 bits per heavy atom. The van der Waals surface area contributed by atoms with Crippen molar-refractivity contribution in [3.05, 3.63) is 59.7 Å². The molecule has 4 aliphatic carbocycles. The van der Waals surface area contributed by atoms with Crippen molar-refractivity contribution in [3.8, 4) is 0 Å². The highest BCUT2D eigenvalue weighted by atomic mass is 16.5. The third-order valence-electron chi connectivity index (χ3n) is 13.2. The highest BCUT2D eigenvalue weighted by molar-refractivity contribution is 5.69. The molecule has 0 amide bonds. The first-order valence-corrected chi connectivity index (χ1v) is 15.9. The molecule has 3 saturated carbocycles. The van der Waals surface area contributed by atoms with E-state index >= 15 is 0 Å². The molecule has 0 N–H and O–H groups in total. The number of carbonyl (C=O) groups is 1. The van der Waals surface area contributed by atoms with Gasteiger partial charge in [-0.2, -0.15) is 0 Å². The average Bonchev–Trinajstić information content (AvgIpc) is 3.26. The Morgan fingerprint density at radius 2 is 1.72 bits per heavy atom. The molecule has 0 aromatic heterocycles. The van der Waals surface area contributed by atoms with Crippen LogP contribution in [0.25, 0.3) is 0 Å². The smallest absolute Gasteiger partial charge is 0.306 e. The minimum Gasteiger partial charge on any atom is -0.461 e. The van der Waals surface area contributed by atoms with Crippen LogP contribution >= 0.6 is 0 Å². The van der Waals surface area contributed by atoms with E-state index in [0.717, 1.165) is 29.7 Å². The summed E-state index contributed by atoms with van der Waals surface area (Å²) < 4.78 is 5.72. The second-order valence-corrected chi connectivity index (χ2v) is 15.3. The Labute approximate surface area is 239 Å². The van der Waals surface area contributed by atoms with Crippen molar-refractivity contribution < 1.29 is 9.53 Å². The molecule has 214 valence electrons. The predicted octanol–water partition coefficient (Wildman–Crippen LogP) is 9.94. The monoisotopic (exact) mass is 530 g/mol. The fourth-order valence-electron chi connectivity index (χ4n) is 11.0. The standard InChI is InChI=1S/C37H54O2/c1-25(2)28-14-15-31-30(34(28,5)20-19-33(38)39-24-27-12-10-9-11-13-27)18-21-37(8)32-17-16-29(26(3)4)35(32,6)22-23-36(31,37)7/h9-13,18,26,28-29,31-32H,1,14-17,19-24H2,2-8H3/t28-,29+,31+,32+,34-,35+,36+,37-/m0/s1. The third kappa shape index (κ3) is 4.47. The van der Waals surface area contributed by atoms with Gasteiger partial charge in [0.05, 0.1) is 0 Å². The number of hydrogen-bond donors (Lipinski definition) is 0. The molecule has 0 heterocycles. The maximum absolute atomic E-state index is 13.0. The average molecular weight is 531 g/mol. The molecule has 0 saturated heterocycles. The first-order chi connectivity index (χ1) is 18.4. The molecule has 2 nitrogen and oxygen atoms in total. The topological polar surface area (TPSA) is 26.3 Å². The lowest BCUT2D eigenvalue weighted by Gasteiger charge is -2.67. The van der Waals surface area contributed by atoms with E-state index in [2.05, 4.69) is 61.1 Å². The van der Waals surface area contributed by atoms with E-state index in [1.807, 2.05) is 30.3 Å². The number of hydrogen-bond acceptors (Lipinski definition) is 2. The number of esters is 1. The number of ether oxygens (including phenoxy) is 1. The van der Waals surface area contributed by atoms with Gasteiger partial charge in [-0.1, -0.05) is 95.7 Å². The summed E-state index contributed by atoms with van der Waals surface area (Å²) in [7, 11) is 0. The van der Waals surface area contributed by atoms with E-state index in [1.165, 1.54) is 50.5 Å². The van der Waals surface area contributed by atoms with E-state index in [9.17, 15) is 4.79 Å². The van der Waals surface area contributed by atoms with Crippen LogP contribution in [-0.2, 0) is 16.1 Å². The molecule has 1 aromatic rings. The Morgan fingerprint density at radius 3 is 2.38 bits per heavy atom. The summed E-state index contributed by atoms with van der Waals surface area (Å²) in [5.74, 6) is 3.42. The molecule has 8 atom stereocenters. The minimum absolute atomic E-state index is 0.0260. The molecule has 5 rings (SSSR count). The molecule has 1 aromatic carbocycles. The van der Waals surface area contributed by atoms with Crippen molar-refractivity contribution in [1.29, 1.82) is 0 Å². The van der Waals surface area contributed by atoms with E-state index in [1.54, 1.807) is 5.57 Å². The van der Waals surface area contributed by atoms with Crippen molar-refractivity contribution in [2.45, 2.75) is 113 Å². The largest absolute Gasteiger partial charge is 0.461 e. The summed E-state index contributed by atoms with van der Waals surface area (Å²) in [5, 5.41) is 0. The van der Waals surface area contributed by atoms with Crippen LogP contribution < -0.4 is 0 Å². The van der Waals surface area contributed by atoms with Gasteiger partial charge in [-0.15, -0.1) is 0 Å². The van der Waals surface area contributed by atoms with E-state index in [-0.39, 0.29) is 11.4 Å². The Balaban J connectivity index is 1.41. The van der Waals surface area contributed by atoms with Gasteiger partial charge in [0.25, 0.3) is 0 Å². The first-order valence-electron chi connectivity index (χ1n) is 15.9. The number of fused-ring (bicyclic) bond motifs is 5. The van der Waals surface area contributed by atoms with Gasteiger partial charge in [0, 0.05) is 6.42 Å². The lowest BCUT2D eigenvalue weighted by atomic mass is 9.37. The zero-order chi connectivity index (χ0) is 28.2. The van der Waals surface area contributed by atoms with Crippen molar-refractivity contribution in [1.82, 2.24) is 0 Å². The fourth-order valence-corrected chi connectivity index (χ4v) is 11.0. The molecule has 4 aliphatic rings. The summed E-state index contributed by atoms with van der Waals surface area (Å²) in [4.78, 5) is 13.0. The van der Waals surface area contributed by atoms with Crippen LogP contribution in [0.5, 0.6) is 0 Å². The Bertz CT molecular complexity index is 1120. The molecule has 39 heavy (non-hydrogen) atoms. The molecule has 0 bridgehead atoms. The fraction of sp³-hybridized carbons (Fsp3) is 0.703. The summed E-state index contributed by atoms with van der Waals surface area (Å²) in [5.41, 5.74) is 5.11. The number of benzene rings is 1. The molecule has 0 radical (unpaired) electrons. The van der Waals surface area contributed by atoms with Crippen LogP contribution in [0, 0.1) is 51.2 Å². The second-order valence-electron chi connectivity index (χ2n) is 15.3. The number of allylic oxidation sites excluding steroid dienone is 3. The summed E-state index contributed by atoms with van der Waals surface area (Å²) in [6, 6.07) is 10.0. The minimum atomic E-state index is -0.0748. The van der Waals surface area contributed by atoms with E-state index < -0.39 is 0 Å². The van der Waals surface area contributed by atoms with Gasteiger partial charge in [-0.3, -0.25) is 4.79 Å². The van der Waals surface area contributed by atoms with Crippen molar-refractivity contribution >= 4 is 5.97 Å². The van der Waals surface area contributed by atoms with Gasteiger partial charge in [0.2, 0.25) is 0 Å². The molecular formula is C37H54O2. The zero-order valence-electron chi connectivity index (χ0n) is 25.9. The Hall–Kier alpha value is -1.83. The first kappa shape index (κ1) is 28.7. The maximum atomic E-state index is 13.0. The van der Waals surface area contributed by atoms with Gasteiger partial charge in [-0.25, -0.2) is 0 Å². The number of carbonyl (C=O) groups excluding carboxylic acids is 1. The third-order valence-corrected chi connectivity index (χ3v) is 13.2. The van der Waals surface area contributed by atoms with Crippen LogP contribution in [0.4, 0.5) is 0 Å². The zero-order valence-corrected chi connectivity index (χ0v) is 25.9. The molecular weight excluding hydrogens is 476 g/mol. The van der Waals surface area contributed by atoms with Crippen molar-refractivity contribution in [2.75, 3.05) is 0 Å². The summed E-state index contributed by atoms with van der Waals surface area (Å²) in [6.07, 6.45) is 13.2. The van der Waals surface area contributed by atoms with E-state index in [4.69, 9.17) is 4.74 Å². The quantitative estimate of drug-likeness (QED) is 0.259. The van der Waals surface area contributed by atoms with Crippen molar-refractivity contribution in [2.24, 2.45) is 51.2 Å². The molecule has 2 heteroatoms. The molecule has 0 spiro atoms. The normalized spacial score (nSPS) is 41.3. The lowest BCUT2D eigenvalue weighted by Crippen LogP contribution is -2.60. The predicted molar refractivity (Wildman–Crippen MR) is 162 cm³/mol. The van der Waals surface area contributed by atoms with Gasteiger partial charge in [0.15, 0.2) is 0 Å². The SMILES string of the molecule is C=C(C)[C@@H]1CC[C@@H]2C(=CC[C@@]3(C)[C@@H]4CC[C@H](C(C)C)[C@@]4(C)CC[C@]23C)[C@@]1(C)CCC(=O)OCc1ccccc1. The lowest BCUT2D eigenvalue weighted by molar-refractivity contribution is -0.151. The molecule has 3 fully saturated rings. The van der Waals surface area contributed by atoms with Crippen LogP contribution in [0.2, 0.25) is 0 Å². The molecule has 0 aliphatic heterocycles. The highest BCUT2D eigenvalue weighted by Crippen LogP contribution is 2.75. The van der Waals surface area contributed by atoms with Gasteiger partial charge in [0.1, 0.15) is 6.61 Å². The van der Waals surface area contributed by atoms with Crippen LogP contribution in [0.1, 0.15) is 112 Å². The van der Waals surface area contributed by atoms with Crippen LogP contribution in [0.3, 0.4) is 0 Å². The maximum Gasteiger partial charge on any atom is 0.306 e. The highest BCUT2D eigenvalue weighted by Gasteiger charge is 2.67. The van der Waals surface area contributed by atoms with Crippen LogP contribution in [-0.4, -0.2) is 5.97 Å². The molecule has 0 unspecified atom stereocenters. The van der Waals surface area contributed by atoms with Crippen LogP contribution in [0.15, 0.2) is 54.1 Å². The van der Waals surface area contributed by atoms with Gasteiger partial charge in [-0.05, 0) is 115 Å². The second kappa shape index (κ2) is 10.2. The van der Waals surface area contributed by atoms with Gasteiger partial charge >= 0.3 is 5.97 Å². The number of rotatable bonds is 7. The van der Waals surface area contributed by atoms with E-state index in [0.29, 0.717) is 41.1 Å². The summed E-state index contributed by atoms with van der Waals surface area (Å²) >= 11 is 0. The van der Waals surface area contributed by atoms with Gasteiger partial charge < -0.3 is 4.74 Å². The Kier molecular flexibility index (Phi) is 7.52. The summed E-state index contributed by atoms with van der Waals surface area (Å²) in [6.45, 7) is 22.4.